The Hall–Kier alpha value is -0.860. The van der Waals surface area contributed by atoms with Gasteiger partial charge < -0.3 is 0 Å². The molecule has 0 N–H and O–H groups in total. The molecule has 0 aliphatic heterocycles. The molecule has 2 nitrogen and oxygen atoms in total. The third-order valence-corrected chi connectivity index (χ3v) is 5.01. The van der Waals surface area contributed by atoms with Crippen LogP contribution in [0.25, 0.3) is 0 Å². The van der Waals surface area contributed by atoms with Crippen molar-refractivity contribution in [2.75, 3.05) is 0 Å². The first-order valence-corrected chi connectivity index (χ1v) is 7.06. The zero-order chi connectivity index (χ0) is 14.3. The Morgan fingerprint density at radius 3 is 1.68 bits per heavy atom. The number of carbonyl (C=O) groups is 2. The predicted octanol–water partition coefficient (Wildman–Crippen LogP) is 4.32. The van der Waals surface area contributed by atoms with Gasteiger partial charge >= 0.3 is 0 Å². The number of ketones is 2. The van der Waals surface area contributed by atoms with Crippen LogP contribution < -0.4 is 0 Å². The monoisotopic (exact) mass is 298 g/mol. The molecule has 1 aliphatic rings. The average Bonchev–Trinajstić information content (AvgIpc) is 2.33. The van der Waals surface area contributed by atoms with Gasteiger partial charge in [-0.3, -0.25) is 9.59 Å². The van der Waals surface area contributed by atoms with Gasteiger partial charge in [0.05, 0.1) is 6.42 Å². The summed E-state index contributed by atoms with van der Waals surface area (Å²) in [6, 6.07) is 0. The summed E-state index contributed by atoms with van der Waals surface area (Å²) in [6.07, 6.45) is 0.883. The first-order valence-electron chi connectivity index (χ1n) is 6.31. The number of benzene rings is 1. The molecule has 2 rings (SSSR count). The summed E-state index contributed by atoms with van der Waals surface area (Å²) in [7, 11) is 0. The zero-order valence-electron chi connectivity index (χ0n) is 11.3. The lowest BCUT2D eigenvalue weighted by Gasteiger charge is -2.26. The molecule has 1 fully saturated rings. The first kappa shape index (κ1) is 14.5. The molecule has 102 valence electrons. The maximum Gasteiger partial charge on any atom is 0.140 e. The van der Waals surface area contributed by atoms with Crippen molar-refractivity contribution in [3.05, 3.63) is 32.3 Å². The molecule has 0 atom stereocenters. The zero-order valence-corrected chi connectivity index (χ0v) is 12.8. The van der Waals surface area contributed by atoms with Crippen LogP contribution in [0.3, 0.4) is 0 Å². The van der Waals surface area contributed by atoms with Crippen molar-refractivity contribution in [2.24, 2.45) is 0 Å². The van der Waals surface area contributed by atoms with Gasteiger partial charge in [-0.2, -0.15) is 0 Å². The molecule has 0 unspecified atom stereocenters. The highest BCUT2D eigenvalue weighted by Gasteiger charge is 2.30. The van der Waals surface area contributed by atoms with Crippen molar-refractivity contribution in [2.45, 2.75) is 46.0 Å². The molecule has 0 heterocycles. The molecule has 0 aromatic heterocycles. The van der Waals surface area contributed by atoms with Crippen molar-refractivity contribution in [3.63, 3.8) is 0 Å². The van der Waals surface area contributed by atoms with Gasteiger partial charge in [0, 0.05) is 22.9 Å². The van der Waals surface area contributed by atoms with E-state index in [2.05, 4.69) is 0 Å². The summed E-state index contributed by atoms with van der Waals surface area (Å²) in [4.78, 5) is 23.3. The molecular formula is C15H16Cl2O2. The summed E-state index contributed by atoms with van der Waals surface area (Å²) < 4.78 is 0. The highest BCUT2D eigenvalue weighted by Crippen LogP contribution is 2.41. The molecule has 1 aromatic carbocycles. The molecule has 19 heavy (non-hydrogen) atoms. The predicted molar refractivity (Wildman–Crippen MR) is 77.3 cm³/mol. The summed E-state index contributed by atoms with van der Waals surface area (Å²) in [5.74, 6) is -0.0647. The van der Waals surface area contributed by atoms with Gasteiger partial charge in [0.25, 0.3) is 0 Å². The third-order valence-electron chi connectivity index (χ3n) is 3.88. The van der Waals surface area contributed by atoms with Crippen molar-refractivity contribution < 1.29 is 9.59 Å². The molecule has 0 radical (unpaired) electrons. The smallest absolute Gasteiger partial charge is 0.140 e. The van der Waals surface area contributed by atoms with Gasteiger partial charge in [0.2, 0.25) is 0 Å². The van der Waals surface area contributed by atoms with E-state index in [1.165, 1.54) is 0 Å². The average molecular weight is 299 g/mol. The van der Waals surface area contributed by atoms with Gasteiger partial charge in [-0.1, -0.05) is 23.2 Å². The van der Waals surface area contributed by atoms with Crippen LogP contribution in [0.15, 0.2) is 0 Å². The fourth-order valence-electron chi connectivity index (χ4n) is 2.98. The van der Waals surface area contributed by atoms with Crippen LogP contribution in [0, 0.1) is 20.8 Å². The van der Waals surface area contributed by atoms with Gasteiger partial charge in [-0.15, -0.1) is 0 Å². The summed E-state index contributed by atoms with van der Waals surface area (Å²) >= 11 is 12.6. The Balaban J connectivity index is 2.56. The second kappa shape index (κ2) is 5.26. The number of carbonyl (C=O) groups excluding carboxylic acids is 2. The normalized spacial score (nSPS) is 17.1. The Kier molecular flexibility index (Phi) is 4.03. The molecule has 1 aromatic rings. The lowest BCUT2D eigenvalue weighted by atomic mass is 9.79. The summed E-state index contributed by atoms with van der Waals surface area (Å²) in [6.45, 7) is 5.74. The number of hydrogen-bond acceptors (Lipinski definition) is 2. The van der Waals surface area contributed by atoms with Crippen molar-refractivity contribution in [1.29, 1.82) is 0 Å². The second-order valence-corrected chi connectivity index (χ2v) is 6.03. The molecule has 0 amide bonds. The quantitative estimate of drug-likeness (QED) is 0.723. The lowest BCUT2D eigenvalue weighted by molar-refractivity contribution is -0.130. The van der Waals surface area contributed by atoms with E-state index in [9.17, 15) is 9.59 Å². The Morgan fingerprint density at radius 1 is 0.842 bits per heavy atom. The van der Waals surface area contributed by atoms with Gasteiger partial charge in [0.15, 0.2) is 0 Å². The van der Waals surface area contributed by atoms with Crippen LogP contribution in [0.1, 0.15) is 47.4 Å². The van der Waals surface area contributed by atoms with Gasteiger partial charge in [-0.05, 0) is 48.9 Å². The number of halogens is 2. The van der Waals surface area contributed by atoms with Crippen LogP contribution in [-0.4, -0.2) is 11.6 Å². The minimum Gasteiger partial charge on any atom is -0.299 e. The SMILES string of the molecule is Cc1c(Cl)c(C)c(C2CC(=O)CC(=O)C2)c(C)c1Cl. The van der Waals surface area contributed by atoms with E-state index >= 15 is 0 Å². The van der Waals surface area contributed by atoms with E-state index < -0.39 is 0 Å². The van der Waals surface area contributed by atoms with Crippen LogP contribution >= 0.6 is 23.2 Å². The Bertz CT molecular complexity index is 531. The standard InChI is InChI=1S/C15H16Cl2O2/c1-7-13(8(2)15(17)9(3)14(7)16)10-4-11(18)6-12(19)5-10/h10H,4-6H2,1-3H3. The second-order valence-electron chi connectivity index (χ2n) is 5.28. The molecule has 1 aliphatic carbocycles. The molecule has 1 saturated carbocycles. The van der Waals surface area contributed by atoms with Crippen LogP contribution in [0.2, 0.25) is 10.0 Å². The van der Waals surface area contributed by atoms with Gasteiger partial charge in [-0.25, -0.2) is 0 Å². The molecule has 0 spiro atoms. The van der Waals surface area contributed by atoms with Gasteiger partial charge in [0.1, 0.15) is 11.6 Å². The maximum absolute atomic E-state index is 11.6. The van der Waals surface area contributed by atoms with Crippen molar-refractivity contribution in [1.82, 2.24) is 0 Å². The first-order chi connectivity index (χ1) is 8.82. The van der Waals surface area contributed by atoms with E-state index in [0.29, 0.717) is 22.9 Å². The largest absolute Gasteiger partial charge is 0.299 e. The van der Waals surface area contributed by atoms with Crippen LogP contribution in [0.5, 0.6) is 0 Å². The van der Waals surface area contributed by atoms with E-state index in [1.54, 1.807) is 0 Å². The minimum atomic E-state index is -0.0793. The minimum absolute atomic E-state index is 0.00729. The fourth-order valence-corrected chi connectivity index (χ4v) is 3.42. The van der Waals surface area contributed by atoms with Crippen molar-refractivity contribution in [3.8, 4) is 0 Å². The van der Waals surface area contributed by atoms with E-state index in [-0.39, 0.29) is 23.9 Å². The van der Waals surface area contributed by atoms with E-state index in [4.69, 9.17) is 23.2 Å². The highest BCUT2D eigenvalue weighted by atomic mass is 35.5. The highest BCUT2D eigenvalue weighted by molar-refractivity contribution is 6.37. The van der Waals surface area contributed by atoms with Crippen molar-refractivity contribution >= 4 is 34.8 Å². The topological polar surface area (TPSA) is 34.1 Å². The van der Waals surface area contributed by atoms with Crippen LogP contribution in [-0.2, 0) is 9.59 Å². The molecular weight excluding hydrogens is 283 g/mol. The summed E-state index contributed by atoms with van der Waals surface area (Å²) in [5.41, 5.74) is 3.71. The number of Topliss-reactive ketones (excluding diaryl/α,β-unsaturated/α-hetero) is 2. The third kappa shape index (κ3) is 2.56. The molecule has 0 saturated heterocycles. The van der Waals surface area contributed by atoms with Crippen LogP contribution in [0.4, 0.5) is 0 Å². The number of hydrogen-bond donors (Lipinski definition) is 0. The lowest BCUT2D eigenvalue weighted by Crippen LogP contribution is -2.22. The van der Waals surface area contributed by atoms with E-state index in [0.717, 1.165) is 22.3 Å². The maximum atomic E-state index is 11.6. The Morgan fingerprint density at radius 2 is 1.26 bits per heavy atom. The number of rotatable bonds is 1. The Labute approximate surface area is 123 Å². The fraction of sp³-hybridized carbons (Fsp3) is 0.467. The van der Waals surface area contributed by atoms with E-state index in [1.807, 2.05) is 20.8 Å². The summed E-state index contributed by atoms with van der Waals surface area (Å²) in [5, 5.41) is 1.27. The molecule has 0 bridgehead atoms. The molecule has 4 heteroatoms.